The second-order valence-electron chi connectivity index (χ2n) is 3.78. The second kappa shape index (κ2) is 5.63. The molecule has 16 heavy (non-hydrogen) atoms. The van der Waals surface area contributed by atoms with Crippen molar-refractivity contribution in [1.82, 2.24) is 0 Å². The molecule has 0 aliphatic carbocycles. The molecule has 0 aromatic heterocycles. The van der Waals surface area contributed by atoms with Crippen LogP contribution >= 0.6 is 0 Å². The molecule has 1 unspecified atom stereocenters. The van der Waals surface area contributed by atoms with Gasteiger partial charge in [-0.3, -0.25) is 4.79 Å². The average molecular weight is 223 g/mol. The zero-order valence-corrected chi connectivity index (χ0v) is 9.10. The van der Waals surface area contributed by atoms with Gasteiger partial charge in [0.1, 0.15) is 5.41 Å². The predicted octanol–water partition coefficient (Wildman–Crippen LogP) is 0.740. The fourth-order valence-electron chi connectivity index (χ4n) is 1.82. The molecule has 1 aromatic rings. The number of carboxylic acids is 1. The van der Waals surface area contributed by atoms with E-state index >= 15 is 0 Å². The Labute approximate surface area is 94.7 Å². The number of carbonyl (C=O) groups is 1. The molecule has 1 rings (SSSR count). The van der Waals surface area contributed by atoms with Crippen molar-refractivity contribution in [3.63, 3.8) is 0 Å². The highest BCUT2D eigenvalue weighted by atomic mass is 16.4. The van der Waals surface area contributed by atoms with Crippen molar-refractivity contribution in [2.75, 3.05) is 13.2 Å². The maximum Gasteiger partial charge on any atom is 0.315 e. The first-order valence-corrected chi connectivity index (χ1v) is 5.27. The van der Waals surface area contributed by atoms with Gasteiger partial charge in [0.15, 0.2) is 0 Å². The molecule has 0 saturated heterocycles. The van der Waals surface area contributed by atoms with E-state index in [0.717, 1.165) is 0 Å². The summed E-state index contributed by atoms with van der Waals surface area (Å²) in [5.41, 5.74) is 5.23. The Morgan fingerprint density at radius 3 is 2.38 bits per heavy atom. The first-order chi connectivity index (χ1) is 7.67. The van der Waals surface area contributed by atoms with E-state index < -0.39 is 11.4 Å². The molecule has 0 heterocycles. The van der Waals surface area contributed by atoms with Crippen LogP contribution in [0.5, 0.6) is 0 Å². The molecule has 4 N–H and O–H groups in total. The zero-order chi connectivity index (χ0) is 12.0. The van der Waals surface area contributed by atoms with E-state index in [1.807, 2.05) is 6.07 Å². The number of aliphatic hydroxyl groups excluding tert-OH is 1. The maximum absolute atomic E-state index is 11.4. The van der Waals surface area contributed by atoms with Gasteiger partial charge >= 0.3 is 5.97 Å². The molecule has 0 aliphatic heterocycles. The molecule has 1 atom stereocenters. The largest absolute Gasteiger partial charge is 0.481 e. The standard InChI is InChI=1S/C12H17NO3/c13-9-12(11(15)16,7-4-8-14)10-5-2-1-3-6-10/h1-3,5-6,14H,4,7-9,13H2,(H,15,16). The van der Waals surface area contributed by atoms with Crippen molar-refractivity contribution in [2.24, 2.45) is 5.73 Å². The van der Waals surface area contributed by atoms with Crippen LogP contribution in [0.3, 0.4) is 0 Å². The Bertz CT molecular complexity index is 339. The monoisotopic (exact) mass is 223 g/mol. The Kier molecular flexibility index (Phi) is 4.46. The summed E-state index contributed by atoms with van der Waals surface area (Å²) in [5.74, 6) is -0.936. The molecule has 0 spiro atoms. The Morgan fingerprint density at radius 1 is 1.31 bits per heavy atom. The lowest BCUT2D eigenvalue weighted by atomic mass is 9.77. The van der Waals surface area contributed by atoms with Gasteiger partial charge in [-0.2, -0.15) is 0 Å². The number of rotatable bonds is 6. The van der Waals surface area contributed by atoms with E-state index in [1.165, 1.54) is 0 Å². The summed E-state index contributed by atoms with van der Waals surface area (Å²) in [5, 5.41) is 18.2. The normalized spacial score (nSPS) is 14.4. The Balaban J connectivity index is 3.07. The van der Waals surface area contributed by atoms with E-state index in [-0.39, 0.29) is 13.2 Å². The highest BCUT2D eigenvalue weighted by Crippen LogP contribution is 2.28. The van der Waals surface area contributed by atoms with E-state index in [0.29, 0.717) is 18.4 Å². The topological polar surface area (TPSA) is 83.5 Å². The van der Waals surface area contributed by atoms with Crippen LogP contribution in [0.2, 0.25) is 0 Å². The van der Waals surface area contributed by atoms with Crippen LogP contribution in [-0.2, 0) is 10.2 Å². The summed E-state index contributed by atoms with van der Waals surface area (Å²) >= 11 is 0. The lowest BCUT2D eigenvalue weighted by Gasteiger charge is -2.28. The van der Waals surface area contributed by atoms with Crippen LogP contribution < -0.4 is 5.73 Å². The first kappa shape index (κ1) is 12.7. The quantitative estimate of drug-likeness (QED) is 0.664. The van der Waals surface area contributed by atoms with Crippen LogP contribution in [0.25, 0.3) is 0 Å². The number of carboxylic acid groups (broad SMARTS) is 1. The van der Waals surface area contributed by atoms with Gasteiger partial charge in [0.25, 0.3) is 0 Å². The van der Waals surface area contributed by atoms with Crippen LogP contribution in [0.1, 0.15) is 18.4 Å². The van der Waals surface area contributed by atoms with Crippen molar-refractivity contribution in [1.29, 1.82) is 0 Å². The molecule has 0 aliphatic rings. The van der Waals surface area contributed by atoms with Gasteiger partial charge < -0.3 is 15.9 Å². The van der Waals surface area contributed by atoms with Gasteiger partial charge in [0, 0.05) is 13.2 Å². The van der Waals surface area contributed by atoms with E-state index in [1.54, 1.807) is 24.3 Å². The van der Waals surface area contributed by atoms with Crippen molar-refractivity contribution in [2.45, 2.75) is 18.3 Å². The number of aliphatic carboxylic acids is 1. The SMILES string of the molecule is NCC(CCCO)(C(=O)O)c1ccccc1. The molecule has 0 amide bonds. The summed E-state index contributed by atoms with van der Waals surface area (Å²) in [6, 6.07) is 8.94. The summed E-state index contributed by atoms with van der Waals surface area (Å²) in [4.78, 5) is 11.4. The molecule has 88 valence electrons. The summed E-state index contributed by atoms with van der Waals surface area (Å²) in [7, 11) is 0. The molecular weight excluding hydrogens is 206 g/mol. The lowest BCUT2D eigenvalue weighted by Crippen LogP contribution is -2.43. The van der Waals surface area contributed by atoms with Crippen molar-refractivity contribution in [3.8, 4) is 0 Å². The molecule has 0 saturated carbocycles. The van der Waals surface area contributed by atoms with Crippen molar-refractivity contribution in [3.05, 3.63) is 35.9 Å². The highest BCUT2D eigenvalue weighted by molar-refractivity contribution is 5.81. The lowest BCUT2D eigenvalue weighted by molar-refractivity contribution is -0.143. The van der Waals surface area contributed by atoms with E-state index in [2.05, 4.69) is 0 Å². The summed E-state index contributed by atoms with van der Waals surface area (Å²) in [6.07, 6.45) is 0.776. The molecule has 4 heteroatoms. The van der Waals surface area contributed by atoms with Gasteiger partial charge in [-0.1, -0.05) is 30.3 Å². The third-order valence-electron chi connectivity index (χ3n) is 2.85. The number of aliphatic hydroxyl groups is 1. The number of hydrogen-bond donors (Lipinski definition) is 3. The van der Waals surface area contributed by atoms with Gasteiger partial charge in [-0.25, -0.2) is 0 Å². The first-order valence-electron chi connectivity index (χ1n) is 5.27. The molecule has 0 radical (unpaired) electrons. The average Bonchev–Trinajstić information content (AvgIpc) is 2.31. The third-order valence-corrected chi connectivity index (χ3v) is 2.85. The highest BCUT2D eigenvalue weighted by Gasteiger charge is 2.38. The molecule has 1 aromatic carbocycles. The zero-order valence-electron chi connectivity index (χ0n) is 9.10. The Hall–Kier alpha value is -1.39. The Morgan fingerprint density at radius 2 is 1.94 bits per heavy atom. The number of hydrogen-bond acceptors (Lipinski definition) is 3. The van der Waals surface area contributed by atoms with Crippen LogP contribution in [0.4, 0.5) is 0 Å². The minimum absolute atomic E-state index is 0.0259. The summed E-state index contributed by atoms with van der Waals surface area (Å²) in [6.45, 7) is 0.00815. The van der Waals surface area contributed by atoms with Crippen LogP contribution in [0.15, 0.2) is 30.3 Å². The number of benzene rings is 1. The van der Waals surface area contributed by atoms with Crippen LogP contribution in [0, 0.1) is 0 Å². The number of nitrogens with two attached hydrogens (primary N) is 1. The van der Waals surface area contributed by atoms with E-state index in [9.17, 15) is 9.90 Å². The van der Waals surface area contributed by atoms with E-state index in [4.69, 9.17) is 10.8 Å². The van der Waals surface area contributed by atoms with Gasteiger partial charge in [-0.05, 0) is 18.4 Å². The maximum atomic E-state index is 11.4. The van der Waals surface area contributed by atoms with Gasteiger partial charge in [-0.15, -0.1) is 0 Å². The minimum Gasteiger partial charge on any atom is -0.481 e. The van der Waals surface area contributed by atoms with Gasteiger partial charge in [0.05, 0.1) is 0 Å². The summed E-state index contributed by atoms with van der Waals surface area (Å²) < 4.78 is 0. The van der Waals surface area contributed by atoms with Gasteiger partial charge in [0.2, 0.25) is 0 Å². The van der Waals surface area contributed by atoms with Crippen LogP contribution in [-0.4, -0.2) is 29.3 Å². The molecule has 0 bridgehead atoms. The smallest absolute Gasteiger partial charge is 0.315 e. The molecule has 4 nitrogen and oxygen atoms in total. The molecule has 0 fully saturated rings. The fraction of sp³-hybridized carbons (Fsp3) is 0.417. The van der Waals surface area contributed by atoms with Crippen molar-refractivity contribution >= 4 is 5.97 Å². The molecular formula is C12H17NO3. The minimum atomic E-state index is -1.08. The van der Waals surface area contributed by atoms with Crippen molar-refractivity contribution < 1.29 is 15.0 Å². The predicted molar refractivity (Wildman–Crippen MR) is 61.1 cm³/mol. The second-order valence-corrected chi connectivity index (χ2v) is 3.78. The third kappa shape index (κ3) is 2.40. The fourth-order valence-corrected chi connectivity index (χ4v) is 1.82.